The third-order valence-corrected chi connectivity index (χ3v) is 6.96. The second kappa shape index (κ2) is 16.6. The smallest absolute Gasteiger partial charge is 0.314 e. The average molecular weight is 555 g/mol. The Labute approximate surface area is 236 Å². The van der Waals surface area contributed by atoms with E-state index in [2.05, 4.69) is 20.5 Å². The molecule has 4 rings (SSSR count). The van der Waals surface area contributed by atoms with E-state index in [1.54, 1.807) is 38.6 Å². The van der Waals surface area contributed by atoms with Gasteiger partial charge in [-0.1, -0.05) is 12.1 Å². The highest BCUT2D eigenvalue weighted by molar-refractivity contribution is 5.80. The Bertz CT molecular complexity index is 1070. The van der Waals surface area contributed by atoms with Crippen LogP contribution in [-0.4, -0.2) is 80.8 Å². The first-order valence-corrected chi connectivity index (χ1v) is 14.0. The van der Waals surface area contributed by atoms with Gasteiger partial charge < -0.3 is 24.8 Å². The maximum absolute atomic E-state index is 13.3. The standard InChI is InChI=1S/C30H42N4O6/c1-3-39-29(37)30(13-19-38-2)20-24-7-9-26(10-8-24)40-22-28(36)32-14-5-18-34(17-4-6-27(35)33-23-30)21-25-11-15-31-16-12-25/h7-12,15-16H,3-6,13-14,17-23H2,1-2H3,(H,32,36)(H,33,35). The Morgan fingerprint density at radius 2 is 1.80 bits per heavy atom. The Kier molecular flexibility index (Phi) is 12.9. The van der Waals surface area contributed by atoms with E-state index in [9.17, 15) is 14.4 Å². The molecule has 10 nitrogen and oxygen atoms in total. The lowest BCUT2D eigenvalue weighted by Crippen LogP contribution is -2.46. The van der Waals surface area contributed by atoms with Crippen LogP contribution in [0.25, 0.3) is 0 Å². The summed E-state index contributed by atoms with van der Waals surface area (Å²) in [6, 6.07) is 11.2. The van der Waals surface area contributed by atoms with Gasteiger partial charge >= 0.3 is 5.97 Å². The molecule has 2 aromatic rings. The van der Waals surface area contributed by atoms with Gasteiger partial charge in [-0.25, -0.2) is 0 Å². The third kappa shape index (κ3) is 10.2. The molecule has 40 heavy (non-hydrogen) atoms. The van der Waals surface area contributed by atoms with Crippen LogP contribution in [-0.2, 0) is 36.8 Å². The van der Waals surface area contributed by atoms with E-state index < -0.39 is 5.41 Å². The summed E-state index contributed by atoms with van der Waals surface area (Å²) in [5.41, 5.74) is 1.03. The number of rotatable bonds is 7. The van der Waals surface area contributed by atoms with Gasteiger partial charge in [0.2, 0.25) is 5.91 Å². The van der Waals surface area contributed by atoms with E-state index in [0.29, 0.717) is 51.1 Å². The number of aromatic nitrogens is 1. The molecular weight excluding hydrogens is 512 g/mol. The molecule has 0 saturated carbocycles. The van der Waals surface area contributed by atoms with Crippen LogP contribution in [0, 0.1) is 5.41 Å². The van der Waals surface area contributed by atoms with Gasteiger partial charge in [-0.05, 0) is 74.5 Å². The van der Waals surface area contributed by atoms with Gasteiger partial charge in [-0.3, -0.25) is 24.3 Å². The SMILES string of the molecule is CCOC(=O)C1(CCOC)CNC(=O)CCCN(Cc2ccncc2)CCCNC(=O)COc2ccc(cc2)C1. The minimum Gasteiger partial charge on any atom is -0.484 e. The number of nitrogens with one attached hydrogen (secondary N) is 2. The van der Waals surface area contributed by atoms with E-state index in [-0.39, 0.29) is 37.5 Å². The maximum Gasteiger partial charge on any atom is 0.314 e. The zero-order chi connectivity index (χ0) is 28.6. The summed E-state index contributed by atoms with van der Waals surface area (Å²) in [5, 5.41) is 5.92. The number of methoxy groups -OCH3 is 1. The molecule has 218 valence electrons. The zero-order valence-electron chi connectivity index (χ0n) is 23.7. The van der Waals surface area contributed by atoms with Gasteiger partial charge in [0, 0.05) is 58.7 Å². The molecule has 0 aliphatic carbocycles. The van der Waals surface area contributed by atoms with Crippen molar-refractivity contribution in [2.75, 3.05) is 53.1 Å². The van der Waals surface area contributed by atoms with E-state index in [4.69, 9.17) is 14.2 Å². The van der Waals surface area contributed by atoms with E-state index in [0.717, 1.165) is 30.6 Å². The fourth-order valence-electron chi connectivity index (χ4n) is 4.73. The van der Waals surface area contributed by atoms with Crippen LogP contribution in [0.15, 0.2) is 48.8 Å². The molecule has 1 unspecified atom stereocenters. The lowest BCUT2D eigenvalue weighted by atomic mass is 9.78. The summed E-state index contributed by atoms with van der Waals surface area (Å²) in [6.07, 6.45) is 6.03. The van der Waals surface area contributed by atoms with Gasteiger partial charge in [-0.15, -0.1) is 0 Å². The molecule has 2 aliphatic rings. The molecule has 1 atom stereocenters. The summed E-state index contributed by atoms with van der Waals surface area (Å²) in [6.45, 7) is 5.15. The highest BCUT2D eigenvalue weighted by Gasteiger charge is 2.40. The zero-order valence-corrected chi connectivity index (χ0v) is 23.7. The molecule has 0 saturated heterocycles. The van der Waals surface area contributed by atoms with Crippen LogP contribution in [0.4, 0.5) is 0 Å². The van der Waals surface area contributed by atoms with Crippen molar-refractivity contribution in [2.45, 2.75) is 45.6 Å². The van der Waals surface area contributed by atoms with Gasteiger partial charge in [0.15, 0.2) is 6.61 Å². The molecule has 1 aromatic carbocycles. The number of benzene rings is 1. The number of amides is 2. The van der Waals surface area contributed by atoms with Gasteiger partial charge in [-0.2, -0.15) is 0 Å². The number of carbonyl (C=O) groups is 3. The Balaban J connectivity index is 1.78. The number of pyridine rings is 1. The van der Waals surface area contributed by atoms with Crippen LogP contribution in [0.5, 0.6) is 5.75 Å². The molecule has 3 heterocycles. The van der Waals surface area contributed by atoms with Crippen LogP contribution >= 0.6 is 0 Å². The molecule has 0 radical (unpaired) electrons. The topological polar surface area (TPSA) is 119 Å². The van der Waals surface area contributed by atoms with Crippen molar-refractivity contribution >= 4 is 17.8 Å². The Morgan fingerprint density at radius 3 is 2.52 bits per heavy atom. The molecule has 0 fully saturated rings. The van der Waals surface area contributed by atoms with Gasteiger partial charge in [0.05, 0.1) is 12.0 Å². The molecule has 1 aromatic heterocycles. The highest BCUT2D eigenvalue weighted by Crippen LogP contribution is 2.30. The monoisotopic (exact) mass is 554 g/mol. The van der Waals surface area contributed by atoms with Crippen molar-refractivity contribution in [3.8, 4) is 5.75 Å². The van der Waals surface area contributed by atoms with Crippen molar-refractivity contribution < 1.29 is 28.6 Å². The first-order chi connectivity index (χ1) is 19.4. The molecule has 2 N–H and O–H groups in total. The quantitative estimate of drug-likeness (QED) is 0.501. The fraction of sp³-hybridized carbons (Fsp3) is 0.533. The van der Waals surface area contributed by atoms with Crippen molar-refractivity contribution in [1.29, 1.82) is 0 Å². The van der Waals surface area contributed by atoms with Gasteiger partial charge in [0.25, 0.3) is 5.91 Å². The van der Waals surface area contributed by atoms with Crippen LogP contribution in [0.2, 0.25) is 0 Å². The lowest BCUT2D eigenvalue weighted by Gasteiger charge is -2.32. The second-order valence-electron chi connectivity index (χ2n) is 10.1. The van der Waals surface area contributed by atoms with Crippen LogP contribution in [0.3, 0.4) is 0 Å². The summed E-state index contributed by atoms with van der Waals surface area (Å²) in [5.74, 6) is -0.101. The van der Waals surface area contributed by atoms with Crippen LogP contribution in [0.1, 0.15) is 43.7 Å². The summed E-state index contributed by atoms with van der Waals surface area (Å²) < 4.78 is 16.5. The predicted octanol–water partition coefficient (Wildman–Crippen LogP) is 2.51. The first-order valence-electron chi connectivity index (χ1n) is 14.0. The minimum absolute atomic E-state index is 0.0767. The number of fused-ring (bicyclic) bond motifs is 17. The van der Waals surface area contributed by atoms with Crippen molar-refractivity contribution in [2.24, 2.45) is 5.41 Å². The van der Waals surface area contributed by atoms with E-state index >= 15 is 0 Å². The summed E-state index contributed by atoms with van der Waals surface area (Å²) in [4.78, 5) is 44.9. The molecule has 2 aliphatic heterocycles. The molecule has 2 bridgehead atoms. The summed E-state index contributed by atoms with van der Waals surface area (Å²) >= 11 is 0. The number of carbonyl (C=O) groups excluding carboxylic acids is 3. The number of ether oxygens (including phenoxy) is 3. The van der Waals surface area contributed by atoms with E-state index in [1.807, 2.05) is 24.3 Å². The number of nitrogens with zero attached hydrogens (tertiary/aromatic N) is 2. The Hall–Kier alpha value is -3.50. The number of esters is 1. The molecule has 10 heteroatoms. The minimum atomic E-state index is -0.988. The first kappa shape index (κ1) is 31.0. The molecule has 0 spiro atoms. The summed E-state index contributed by atoms with van der Waals surface area (Å²) in [7, 11) is 1.59. The molecule has 2 amide bonds. The molecular formula is C30H42N4O6. The average Bonchev–Trinajstić information content (AvgIpc) is 2.96. The van der Waals surface area contributed by atoms with E-state index in [1.165, 1.54) is 0 Å². The third-order valence-electron chi connectivity index (χ3n) is 6.96. The Morgan fingerprint density at radius 1 is 1.05 bits per heavy atom. The van der Waals surface area contributed by atoms with Gasteiger partial charge in [0.1, 0.15) is 5.75 Å². The fourth-order valence-corrected chi connectivity index (χ4v) is 4.73. The maximum atomic E-state index is 13.3. The lowest BCUT2D eigenvalue weighted by molar-refractivity contribution is -0.156. The second-order valence-corrected chi connectivity index (χ2v) is 10.1. The van der Waals surface area contributed by atoms with Crippen molar-refractivity contribution in [3.63, 3.8) is 0 Å². The number of hydrogen-bond acceptors (Lipinski definition) is 8. The largest absolute Gasteiger partial charge is 0.484 e. The highest BCUT2D eigenvalue weighted by atomic mass is 16.5. The van der Waals surface area contributed by atoms with Crippen LogP contribution < -0.4 is 15.4 Å². The number of hydrogen-bond donors (Lipinski definition) is 2. The normalized spacial score (nSPS) is 20.1. The van der Waals surface area contributed by atoms with Crippen molar-refractivity contribution in [1.82, 2.24) is 20.5 Å². The predicted molar refractivity (Wildman–Crippen MR) is 151 cm³/mol. The van der Waals surface area contributed by atoms with Crippen molar-refractivity contribution in [3.05, 3.63) is 59.9 Å².